The first-order valence-corrected chi connectivity index (χ1v) is 11.7. The van der Waals surface area contributed by atoms with Crippen molar-refractivity contribution in [2.24, 2.45) is 10.8 Å². The first kappa shape index (κ1) is 25.0. The van der Waals surface area contributed by atoms with Crippen LogP contribution >= 0.6 is 25.3 Å². The Hall–Kier alpha value is -1.28. The number of thiol groups is 2. The second-order valence-electron chi connectivity index (χ2n) is 10.0. The summed E-state index contributed by atoms with van der Waals surface area (Å²) >= 11 is 9.56. The Labute approximate surface area is 189 Å². The van der Waals surface area contributed by atoms with E-state index in [0.717, 1.165) is 51.4 Å². The fourth-order valence-corrected chi connectivity index (χ4v) is 4.28. The second kappa shape index (κ2) is 10.8. The van der Waals surface area contributed by atoms with Gasteiger partial charge in [-0.2, -0.15) is 35.6 Å². The number of aromatic nitrogens is 2. The van der Waals surface area contributed by atoms with Crippen LogP contribution in [0.2, 0.25) is 0 Å². The third kappa shape index (κ3) is 9.25. The first-order chi connectivity index (χ1) is 13.9. The van der Waals surface area contributed by atoms with E-state index in [4.69, 9.17) is 34.3 Å². The quantitative estimate of drug-likeness (QED) is 0.318. The number of hydrogen-bond acceptors (Lipinski definition) is 6. The van der Waals surface area contributed by atoms with Crippen LogP contribution in [0.1, 0.15) is 77.7 Å². The van der Waals surface area contributed by atoms with Gasteiger partial charge in [0.2, 0.25) is 0 Å². The largest absolute Gasteiger partial charge is 0.384 e. The number of aromatic amines is 2. The minimum atomic E-state index is -0.187. The molecular formula is C22H36N2O4S2. The van der Waals surface area contributed by atoms with Gasteiger partial charge in [0.05, 0.1) is 0 Å². The van der Waals surface area contributed by atoms with Crippen LogP contribution in [0, 0.1) is 10.8 Å². The maximum absolute atomic E-state index is 11.2. The van der Waals surface area contributed by atoms with Crippen LogP contribution in [0.3, 0.4) is 0 Å². The summed E-state index contributed by atoms with van der Waals surface area (Å²) in [5.74, 6) is 1.41. The molecule has 0 bridgehead atoms. The molecule has 2 atom stereocenters. The van der Waals surface area contributed by atoms with Gasteiger partial charge < -0.3 is 9.05 Å². The van der Waals surface area contributed by atoms with Gasteiger partial charge in [0, 0.05) is 35.5 Å². The standard InChI is InChI=1S/C22H36N2O4S2/c1-21(2,13-15-11-19(25)23-27-15)9-7-17(29)5-6-18(30)8-10-22(3,4)14-16-12-20(26)24-28-16/h11-12,17-18,29-30H,5-10,13-14H2,1-4H3,(H,23,25)(H,24,26). The van der Waals surface area contributed by atoms with Crippen molar-refractivity contribution in [3.8, 4) is 0 Å². The Balaban J connectivity index is 1.66. The number of hydrogen-bond donors (Lipinski definition) is 4. The van der Waals surface area contributed by atoms with Crippen molar-refractivity contribution in [2.75, 3.05) is 0 Å². The van der Waals surface area contributed by atoms with Crippen LogP contribution in [-0.2, 0) is 12.8 Å². The molecule has 0 amide bonds. The molecule has 6 nitrogen and oxygen atoms in total. The topological polar surface area (TPSA) is 92.0 Å². The van der Waals surface area contributed by atoms with E-state index in [0.29, 0.717) is 22.0 Å². The molecule has 170 valence electrons. The van der Waals surface area contributed by atoms with E-state index in [2.05, 4.69) is 38.0 Å². The highest BCUT2D eigenvalue weighted by Crippen LogP contribution is 2.32. The third-order valence-electron chi connectivity index (χ3n) is 5.60. The van der Waals surface area contributed by atoms with Crippen LogP contribution < -0.4 is 11.1 Å². The monoisotopic (exact) mass is 456 g/mol. The highest BCUT2D eigenvalue weighted by atomic mass is 32.1. The van der Waals surface area contributed by atoms with E-state index in [-0.39, 0.29) is 21.9 Å². The van der Waals surface area contributed by atoms with Crippen molar-refractivity contribution < 1.29 is 9.05 Å². The lowest BCUT2D eigenvalue weighted by molar-refractivity contribution is 0.270. The molecule has 0 aliphatic heterocycles. The normalized spacial score (nSPS) is 14.7. The summed E-state index contributed by atoms with van der Waals surface area (Å²) in [5.41, 5.74) is -0.268. The van der Waals surface area contributed by atoms with Crippen LogP contribution in [0.5, 0.6) is 0 Å². The lowest BCUT2D eigenvalue weighted by Gasteiger charge is -2.26. The van der Waals surface area contributed by atoms with Gasteiger partial charge in [-0.15, -0.1) is 0 Å². The molecule has 0 radical (unpaired) electrons. The molecule has 0 fully saturated rings. The molecule has 0 aliphatic carbocycles. The molecule has 0 aromatic carbocycles. The molecule has 8 heteroatoms. The Morgan fingerprint density at radius 1 is 0.767 bits per heavy atom. The van der Waals surface area contributed by atoms with Crippen molar-refractivity contribution in [3.05, 3.63) is 44.4 Å². The summed E-state index contributed by atoms with van der Waals surface area (Å²) in [5, 5.41) is 5.37. The van der Waals surface area contributed by atoms with E-state index in [1.807, 2.05) is 0 Å². The molecule has 2 heterocycles. The molecule has 2 aromatic heterocycles. The molecule has 2 N–H and O–H groups in total. The summed E-state index contributed by atoms with van der Waals surface area (Å²) in [6.07, 6.45) is 7.59. The van der Waals surface area contributed by atoms with Crippen molar-refractivity contribution in [1.82, 2.24) is 10.3 Å². The molecule has 0 saturated carbocycles. The van der Waals surface area contributed by atoms with Gasteiger partial charge in [-0.05, 0) is 49.4 Å². The van der Waals surface area contributed by atoms with Gasteiger partial charge in [-0.3, -0.25) is 9.59 Å². The lowest BCUT2D eigenvalue weighted by atomic mass is 9.82. The summed E-state index contributed by atoms with van der Waals surface area (Å²) in [7, 11) is 0. The van der Waals surface area contributed by atoms with E-state index in [9.17, 15) is 9.59 Å². The van der Waals surface area contributed by atoms with Gasteiger partial charge in [0.15, 0.2) is 0 Å². The lowest BCUT2D eigenvalue weighted by Crippen LogP contribution is -2.18. The number of nitrogens with one attached hydrogen (secondary N) is 2. The fraction of sp³-hybridized carbons (Fsp3) is 0.727. The minimum absolute atomic E-state index is 0.0523. The van der Waals surface area contributed by atoms with Crippen molar-refractivity contribution in [3.63, 3.8) is 0 Å². The summed E-state index contributed by atoms with van der Waals surface area (Å²) in [6, 6.07) is 3.05. The average Bonchev–Trinajstić information content (AvgIpc) is 3.23. The molecule has 30 heavy (non-hydrogen) atoms. The first-order valence-electron chi connectivity index (χ1n) is 10.7. The molecule has 2 rings (SSSR count). The van der Waals surface area contributed by atoms with Gasteiger partial charge in [0.25, 0.3) is 11.1 Å². The highest BCUT2D eigenvalue weighted by Gasteiger charge is 2.24. The summed E-state index contributed by atoms with van der Waals surface area (Å²) in [6.45, 7) is 8.76. The minimum Gasteiger partial charge on any atom is -0.384 e. The SMILES string of the molecule is CC(C)(CCC(S)CCC(S)CCC(C)(C)Cc1cc(=O)[nH]o1)Cc1cc(=O)[nH]o1. The van der Waals surface area contributed by atoms with Gasteiger partial charge in [-0.1, -0.05) is 27.7 Å². The van der Waals surface area contributed by atoms with E-state index in [1.54, 1.807) is 0 Å². The number of H-pyrrole nitrogens is 2. The van der Waals surface area contributed by atoms with Crippen molar-refractivity contribution in [2.45, 2.75) is 89.6 Å². The predicted octanol–water partition coefficient (Wildman–Crippen LogP) is 5.02. The Morgan fingerprint density at radius 3 is 1.43 bits per heavy atom. The van der Waals surface area contributed by atoms with Crippen molar-refractivity contribution in [1.29, 1.82) is 0 Å². The molecule has 0 spiro atoms. The zero-order valence-electron chi connectivity index (χ0n) is 18.5. The summed E-state index contributed by atoms with van der Waals surface area (Å²) < 4.78 is 10.4. The molecule has 2 aromatic rings. The Kier molecular flexibility index (Phi) is 9.03. The van der Waals surface area contributed by atoms with Crippen LogP contribution in [0.4, 0.5) is 0 Å². The van der Waals surface area contributed by atoms with Gasteiger partial charge >= 0.3 is 0 Å². The van der Waals surface area contributed by atoms with E-state index >= 15 is 0 Å². The van der Waals surface area contributed by atoms with Crippen molar-refractivity contribution >= 4 is 25.3 Å². The van der Waals surface area contributed by atoms with E-state index < -0.39 is 0 Å². The maximum atomic E-state index is 11.2. The van der Waals surface area contributed by atoms with Crippen LogP contribution in [0.25, 0.3) is 0 Å². The average molecular weight is 457 g/mol. The molecule has 0 saturated heterocycles. The smallest absolute Gasteiger partial charge is 0.280 e. The summed E-state index contributed by atoms with van der Waals surface area (Å²) in [4.78, 5) is 22.4. The Morgan fingerprint density at radius 2 is 1.13 bits per heavy atom. The fourth-order valence-electron chi connectivity index (χ4n) is 3.72. The van der Waals surface area contributed by atoms with Gasteiger partial charge in [0.1, 0.15) is 11.5 Å². The van der Waals surface area contributed by atoms with Crippen LogP contribution in [0.15, 0.2) is 30.8 Å². The zero-order chi connectivity index (χ0) is 22.4. The highest BCUT2D eigenvalue weighted by molar-refractivity contribution is 7.81. The third-order valence-corrected chi connectivity index (χ3v) is 6.63. The molecule has 0 aliphatic rings. The Bertz CT molecular complexity index is 806. The zero-order valence-corrected chi connectivity index (χ0v) is 20.3. The second-order valence-corrected chi connectivity index (χ2v) is 11.5. The molecular weight excluding hydrogens is 420 g/mol. The molecule has 2 unspecified atom stereocenters. The predicted molar refractivity (Wildman–Crippen MR) is 127 cm³/mol. The van der Waals surface area contributed by atoms with Crippen LogP contribution in [-0.4, -0.2) is 20.8 Å². The maximum Gasteiger partial charge on any atom is 0.280 e. The number of rotatable bonds is 13. The van der Waals surface area contributed by atoms with Gasteiger partial charge in [-0.25, -0.2) is 0 Å². The van der Waals surface area contributed by atoms with E-state index in [1.165, 1.54) is 12.1 Å².